The molecule has 1 aromatic heterocycles. The van der Waals surface area contributed by atoms with E-state index in [9.17, 15) is 0 Å². The maximum Gasteiger partial charge on any atom is 0.237 e. The van der Waals surface area contributed by atoms with Crippen molar-refractivity contribution in [3.63, 3.8) is 0 Å². The molecule has 2 N–H and O–H groups in total. The summed E-state index contributed by atoms with van der Waals surface area (Å²) >= 11 is 0. The highest BCUT2D eigenvalue weighted by molar-refractivity contribution is 6.10. The van der Waals surface area contributed by atoms with Crippen molar-refractivity contribution in [1.82, 2.24) is 9.97 Å². The molecule has 0 bridgehead atoms. The summed E-state index contributed by atoms with van der Waals surface area (Å²) in [6.07, 6.45) is 0.891. The highest BCUT2D eigenvalue weighted by Gasteiger charge is 2.05. The number of hydrogen-bond acceptors (Lipinski definition) is 5. The maximum absolute atomic E-state index is 8.60. The van der Waals surface area contributed by atoms with Gasteiger partial charge in [0.1, 0.15) is 18.0 Å². The Morgan fingerprint density at radius 3 is 2.80 bits per heavy atom. The van der Waals surface area contributed by atoms with Gasteiger partial charge < -0.3 is 4.98 Å². The molecule has 1 heterocycles. The molecule has 0 spiro atoms. The molecule has 0 radical (unpaired) electrons. The van der Waals surface area contributed by atoms with Gasteiger partial charge in [-0.1, -0.05) is 13.8 Å². The maximum atomic E-state index is 8.60. The van der Waals surface area contributed by atoms with Crippen LogP contribution in [0.5, 0.6) is 0 Å². The highest BCUT2D eigenvalue weighted by Crippen LogP contribution is 2.18. The monoisotopic (exact) mass is 266 g/mol. The average molecular weight is 266 g/mol. The number of nitrogens with zero attached hydrogens (tertiary/aromatic N) is 4. The van der Waals surface area contributed by atoms with Crippen LogP contribution in [0.1, 0.15) is 19.7 Å². The Hall–Kier alpha value is -2.86. The molecule has 20 heavy (non-hydrogen) atoms. The van der Waals surface area contributed by atoms with Crippen LogP contribution in [0, 0.1) is 28.6 Å². The van der Waals surface area contributed by atoms with Gasteiger partial charge in [0, 0.05) is 6.42 Å². The second-order valence-corrected chi connectivity index (χ2v) is 4.81. The standard InChI is InChI=1S/C14H14N6/c1-9(2)5-14-17-12-4-3-10(6-13(12)18-14)19-20-11(7-15)8-16/h3-4,6,9,19H,5H2,1-2H3,(H,17,18). The van der Waals surface area contributed by atoms with Crippen LogP contribution in [0.15, 0.2) is 23.3 Å². The minimum atomic E-state index is -0.213. The molecule has 0 saturated heterocycles. The highest BCUT2D eigenvalue weighted by atomic mass is 15.3. The summed E-state index contributed by atoms with van der Waals surface area (Å²) in [6.45, 7) is 4.28. The van der Waals surface area contributed by atoms with E-state index < -0.39 is 0 Å². The van der Waals surface area contributed by atoms with Crippen molar-refractivity contribution in [3.05, 3.63) is 24.0 Å². The number of rotatable bonds is 4. The van der Waals surface area contributed by atoms with E-state index in [0.29, 0.717) is 11.6 Å². The zero-order valence-electron chi connectivity index (χ0n) is 11.3. The molecule has 2 aromatic rings. The van der Waals surface area contributed by atoms with Crippen LogP contribution < -0.4 is 5.43 Å². The van der Waals surface area contributed by atoms with Gasteiger partial charge in [-0.2, -0.15) is 15.6 Å². The van der Waals surface area contributed by atoms with E-state index in [4.69, 9.17) is 10.5 Å². The van der Waals surface area contributed by atoms with Gasteiger partial charge >= 0.3 is 0 Å². The smallest absolute Gasteiger partial charge is 0.237 e. The molecule has 0 fully saturated rings. The van der Waals surface area contributed by atoms with E-state index in [0.717, 1.165) is 23.3 Å². The van der Waals surface area contributed by atoms with Crippen molar-refractivity contribution in [1.29, 1.82) is 10.5 Å². The van der Waals surface area contributed by atoms with Crippen LogP contribution in [0.3, 0.4) is 0 Å². The Morgan fingerprint density at radius 1 is 1.40 bits per heavy atom. The first-order valence-corrected chi connectivity index (χ1v) is 6.25. The average Bonchev–Trinajstić information content (AvgIpc) is 2.80. The fourth-order valence-electron chi connectivity index (χ4n) is 1.81. The summed E-state index contributed by atoms with van der Waals surface area (Å²) in [7, 11) is 0. The van der Waals surface area contributed by atoms with Crippen LogP contribution >= 0.6 is 0 Å². The Morgan fingerprint density at radius 2 is 2.15 bits per heavy atom. The molecular formula is C14H14N6. The number of imidazole rings is 1. The first-order chi connectivity index (χ1) is 9.62. The van der Waals surface area contributed by atoms with Gasteiger partial charge in [-0.3, -0.25) is 5.43 Å². The van der Waals surface area contributed by atoms with E-state index in [1.54, 1.807) is 18.2 Å². The lowest BCUT2D eigenvalue weighted by Gasteiger charge is -1.99. The zero-order chi connectivity index (χ0) is 14.5. The van der Waals surface area contributed by atoms with Crippen molar-refractivity contribution in [2.75, 3.05) is 5.43 Å². The molecule has 6 heteroatoms. The molecule has 1 aromatic carbocycles. The SMILES string of the molecule is CC(C)Cc1nc2ccc(NN=C(C#N)C#N)cc2[nH]1. The summed E-state index contributed by atoms with van der Waals surface area (Å²) in [5, 5.41) is 20.9. The van der Waals surface area contributed by atoms with Crippen molar-refractivity contribution in [3.8, 4) is 12.1 Å². The minimum absolute atomic E-state index is 0.213. The molecule has 0 saturated carbocycles. The third kappa shape index (κ3) is 3.12. The molecule has 2 rings (SSSR count). The van der Waals surface area contributed by atoms with Gasteiger partial charge in [0.05, 0.1) is 16.7 Å². The second-order valence-electron chi connectivity index (χ2n) is 4.81. The first kappa shape index (κ1) is 13.6. The molecule has 0 aliphatic rings. The number of fused-ring (bicyclic) bond motifs is 1. The fourth-order valence-corrected chi connectivity index (χ4v) is 1.81. The number of aromatic amines is 1. The Labute approximate surface area is 116 Å². The summed E-state index contributed by atoms with van der Waals surface area (Å²) in [5.74, 6) is 1.48. The number of benzene rings is 1. The molecular weight excluding hydrogens is 252 g/mol. The summed E-state index contributed by atoms with van der Waals surface area (Å²) < 4.78 is 0. The summed E-state index contributed by atoms with van der Waals surface area (Å²) in [6, 6.07) is 8.90. The van der Waals surface area contributed by atoms with Crippen molar-refractivity contribution in [2.45, 2.75) is 20.3 Å². The lowest BCUT2D eigenvalue weighted by Crippen LogP contribution is -1.96. The third-order valence-electron chi connectivity index (χ3n) is 2.64. The van der Waals surface area contributed by atoms with E-state index in [1.807, 2.05) is 12.1 Å². The van der Waals surface area contributed by atoms with Crippen molar-refractivity contribution >= 4 is 22.4 Å². The third-order valence-corrected chi connectivity index (χ3v) is 2.64. The van der Waals surface area contributed by atoms with Gasteiger partial charge in [-0.05, 0) is 24.1 Å². The van der Waals surface area contributed by atoms with Crippen molar-refractivity contribution in [2.24, 2.45) is 11.0 Å². The van der Waals surface area contributed by atoms with Crippen LogP contribution in [0.4, 0.5) is 5.69 Å². The van der Waals surface area contributed by atoms with E-state index in [2.05, 4.69) is 34.3 Å². The number of anilines is 1. The van der Waals surface area contributed by atoms with E-state index in [-0.39, 0.29) is 5.71 Å². The lowest BCUT2D eigenvalue weighted by molar-refractivity contribution is 0.627. The molecule has 6 nitrogen and oxygen atoms in total. The van der Waals surface area contributed by atoms with Crippen molar-refractivity contribution < 1.29 is 0 Å². The van der Waals surface area contributed by atoms with E-state index >= 15 is 0 Å². The molecule has 0 atom stereocenters. The minimum Gasteiger partial charge on any atom is -0.342 e. The van der Waals surface area contributed by atoms with Crippen LogP contribution in [-0.2, 0) is 6.42 Å². The number of H-pyrrole nitrogens is 1. The number of hydrogen-bond donors (Lipinski definition) is 2. The molecule has 0 aliphatic heterocycles. The number of aromatic nitrogens is 2. The van der Waals surface area contributed by atoms with Gasteiger partial charge in [0.2, 0.25) is 5.71 Å². The number of nitriles is 2. The largest absolute Gasteiger partial charge is 0.342 e. The van der Waals surface area contributed by atoms with Crippen LogP contribution in [-0.4, -0.2) is 15.7 Å². The first-order valence-electron chi connectivity index (χ1n) is 6.25. The quantitative estimate of drug-likeness (QED) is 0.656. The Bertz CT molecular complexity index is 710. The molecule has 0 amide bonds. The number of hydrazone groups is 1. The van der Waals surface area contributed by atoms with Gasteiger partial charge in [-0.25, -0.2) is 4.98 Å². The summed E-state index contributed by atoms with van der Waals surface area (Å²) in [5.41, 5.74) is 4.95. The predicted molar refractivity (Wildman–Crippen MR) is 76.9 cm³/mol. The molecule has 0 aliphatic carbocycles. The predicted octanol–water partition coefficient (Wildman–Crippen LogP) is 2.58. The van der Waals surface area contributed by atoms with Crippen LogP contribution in [0.25, 0.3) is 11.0 Å². The fraction of sp³-hybridized carbons (Fsp3) is 0.286. The second kappa shape index (κ2) is 5.85. The van der Waals surface area contributed by atoms with Gasteiger partial charge in [0.15, 0.2) is 0 Å². The normalized spacial score (nSPS) is 10.1. The summed E-state index contributed by atoms with van der Waals surface area (Å²) in [4.78, 5) is 7.75. The number of nitrogens with one attached hydrogen (secondary N) is 2. The topological polar surface area (TPSA) is 101 Å². The Kier molecular flexibility index (Phi) is 3.97. The Balaban J connectivity index is 2.24. The molecule has 0 unspecified atom stereocenters. The van der Waals surface area contributed by atoms with Crippen LogP contribution in [0.2, 0.25) is 0 Å². The van der Waals surface area contributed by atoms with E-state index in [1.165, 1.54) is 0 Å². The van der Waals surface area contributed by atoms with Gasteiger partial charge in [0.25, 0.3) is 0 Å². The van der Waals surface area contributed by atoms with Gasteiger partial charge in [-0.15, -0.1) is 0 Å². The zero-order valence-corrected chi connectivity index (χ0v) is 11.3. The molecule has 100 valence electrons. The lowest BCUT2D eigenvalue weighted by atomic mass is 10.1.